The molecule has 1 N–H and O–H groups in total. The van der Waals surface area contributed by atoms with Gasteiger partial charge in [-0.1, -0.05) is 19.3 Å². The second-order valence-electron chi connectivity index (χ2n) is 11.1. The highest BCUT2D eigenvalue weighted by Gasteiger charge is 2.45. The maximum absolute atomic E-state index is 13.3. The van der Waals surface area contributed by atoms with E-state index in [1.807, 2.05) is 4.90 Å². The van der Waals surface area contributed by atoms with Gasteiger partial charge in [0, 0.05) is 57.6 Å². The van der Waals surface area contributed by atoms with Gasteiger partial charge in [-0.25, -0.2) is 4.79 Å². The Labute approximate surface area is 192 Å². The first-order valence-corrected chi connectivity index (χ1v) is 13.2. The van der Waals surface area contributed by atoms with Crippen molar-refractivity contribution >= 4 is 17.8 Å². The van der Waals surface area contributed by atoms with Crippen LogP contribution in [0.25, 0.3) is 0 Å². The monoisotopic (exact) mass is 444 g/mol. The molecule has 5 rings (SSSR count). The van der Waals surface area contributed by atoms with E-state index in [1.165, 1.54) is 32.1 Å². The number of fused-ring (bicyclic) bond motifs is 4. The van der Waals surface area contributed by atoms with Crippen molar-refractivity contribution in [2.24, 2.45) is 23.7 Å². The van der Waals surface area contributed by atoms with E-state index in [0.717, 1.165) is 58.3 Å². The lowest BCUT2D eigenvalue weighted by atomic mass is 9.76. The summed E-state index contributed by atoms with van der Waals surface area (Å²) in [7, 11) is 0. The third kappa shape index (κ3) is 4.62. The van der Waals surface area contributed by atoms with Gasteiger partial charge in [0.15, 0.2) is 0 Å². The molecule has 4 saturated heterocycles. The lowest BCUT2D eigenvalue weighted by Crippen LogP contribution is -2.62. The van der Waals surface area contributed by atoms with Crippen molar-refractivity contribution in [2.45, 2.75) is 76.7 Å². The van der Waals surface area contributed by atoms with E-state index >= 15 is 0 Å². The molecule has 0 radical (unpaired) electrons. The van der Waals surface area contributed by atoms with Gasteiger partial charge in [-0.05, 0) is 62.7 Å². The molecule has 4 heterocycles. The minimum absolute atomic E-state index is 0.0465. The van der Waals surface area contributed by atoms with Crippen LogP contribution in [0.1, 0.15) is 70.6 Å². The van der Waals surface area contributed by atoms with E-state index in [9.17, 15) is 14.4 Å². The highest BCUT2D eigenvalue weighted by atomic mass is 16.2. The molecule has 178 valence electrons. The van der Waals surface area contributed by atoms with Gasteiger partial charge in [-0.3, -0.25) is 9.59 Å². The Morgan fingerprint density at radius 2 is 1.66 bits per heavy atom. The summed E-state index contributed by atoms with van der Waals surface area (Å²) in [6, 6.07) is 0.484. The maximum Gasteiger partial charge on any atom is 0.320 e. The number of rotatable bonds is 3. The van der Waals surface area contributed by atoms with Crippen LogP contribution in [0.5, 0.6) is 0 Å². The summed E-state index contributed by atoms with van der Waals surface area (Å²) in [5.41, 5.74) is 0. The number of piperidine rings is 4. The molecule has 3 atom stereocenters. The summed E-state index contributed by atoms with van der Waals surface area (Å²) < 4.78 is 0. The van der Waals surface area contributed by atoms with Gasteiger partial charge in [-0.15, -0.1) is 0 Å². The van der Waals surface area contributed by atoms with Crippen molar-refractivity contribution in [1.82, 2.24) is 20.0 Å². The highest BCUT2D eigenvalue weighted by Crippen LogP contribution is 2.38. The quantitative estimate of drug-likeness (QED) is 0.728. The lowest BCUT2D eigenvalue weighted by Gasteiger charge is -2.53. The van der Waals surface area contributed by atoms with Crippen LogP contribution in [0.3, 0.4) is 0 Å². The molecule has 5 aliphatic rings. The van der Waals surface area contributed by atoms with E-state index < -0.39 is 0 Å². The van der Waals surface area contributed by atoms with Crippen LogP contribution in [0.15, 0.2) is 0 Å². The highest BCUT2D eigenvalue weighted by molar-refractivity contribution is 5.80. The van der Waals surface area contributed by atoms with E-state index in [0.29, 0.717) is 49.2 Å². The van der Waals surface area contributed by atoms with Gasteiger partial charge in [0.1, 0.15) is 0 Å². The third-order valence-corrected chi connectivity index (χ3v) is 8.88. The summed E-state index contributed by atoms with van der Waals surface area (Å²) in [4.78, 5) is 44.4. The van der Waals surface area contributed by atoms with Crippen molar-refractivity contribution < 1.29 is 14.4 Å². The zero-order chi connectivity index (χ0) is 22.1. The van der Waals surface area contributed by atoms with Crippen LogP contribution in [-0.2, 0) is 9.59 Å². The molecule has 2 bridgehead atoms. The molecule has 5 fully saturated rings. The molecular weight excluding hydrogens is 404 g/mol. The first kappa shape index (κ1) is 22.0. The maximum atomic E-state index is 13.3. The van der Waals surface area contributed by atoms with E-state index in [4.69, 9.17) is 0 Å². The molecule has 4 aliphatic heterocycles. The molecule has 1 aliphatic carbocycles. The molecular formula is C25H40N4O3. The fraction of sp³-hybridized carbons (Fsp3) is 0.880. The van der Waals surface area contributed by atoms with E-state index in [1.54, 1.807) is 0 Å². The van der Waals surface area contributed by atoms with Crippen LogP contribution in [0.2, 0.25) is 0 Å². The van der Waals surface area contributed by atoms with Gasteiger partial charge in [0.25, 0.3) is 0 Å². The Kier molecular flexibility index (Phi) is 6.61. The number of hydrogen-bond acceptors (Lipinski definition) is 3. The Bertz CT molecular complexity index is 714. The van der Waals surface area contributed by atoms with Gasteiger partial charge in [0.2, 0.25) is 11.8 Å². The number of carbonyl (C=O) groups is 3. The SMILES string of the molecule is O=C(NCC1CCCCC1)C1CCN(C(=O)N2C[C@@H]3C[C@H](C2)[C@H]2CCCC(=O)N2C3)CC1. The standard InChI is InChI=1S/C25H40N4O3/c30-23-8-4-7-22-21-13-19(16-29(22)23)15-28(17-21)25(32)27-11-9-20(10-12-27)24(31)26-14-18-5-2-1-3-6-18/h18-22H,1-17H2,(H,26,31)/t19-,21+,22+/m0/s1. The van der Waals surface area contributed by atoms with E-state index in [-0.39, 0.29) is 17.9 Å². The number of carbonyl (C=O) groups excluding carboxylic acids is 3. The number of amides is 4. The van der Waals surface area contributed by atoms with Crippen LogP contribution in [0, 0.1) is 23.7 Å². The second kappa shape index (κ2) is 9.60. The summed E-state index contributed by atoms with van der Waals surface area (Å²) in [5.74, 6) is 2.06. The predicted octanol–water partition coefficient (Wildman–Crippen LogP) is 2.85. The zero-order valence-corrected chi connectivity index (χ0v) is 19.5. The fourth-order valence-electron chi connectivity index (χ4n) is 7.08. The van der Waals surface area contributed by atoms with Crippen molar-refractivity contribution in [3.63, 3.8) is 0 Å². The number of nitrogens with one attached hydrogen (secondary N) is 1. The van der Waals surface area contributed by atoms with Gasteiger partial charge in [0.05, 0.1) is 0 Å². The molecule has 32 heavy (non-hydrogen) atoms. The average Bonchev–Trinajstić information content (AvgIpc) is 2.83. The topological polar surface area (TPSA) is 73.0 Å². The van der Waals surface area contributed by atoms with Crippen molar-refractivity contribution in [1.29, 1.82) is 0 Å². The van der Waals surface area contributed by atoms with Crippen molar-refractivity contribution in [2.75, 3.05) is 39.3 Å². The summed E-state index contributed by atoms with van der Waals surface area (Å²) in [5, 5.41) is 3.20. The van der Waals surface area contributed by atoms with Crippen molar-refractivity contribution in [3.8, 4) is 0 Å². The molecule has 0 spiro atoms. The van der Waals surface area contributed by atoms with Crippen LogP contribution < -0.4 is 5.32 Å². The summed E-state index contributed by atoms with van der Waals surface area (Å²) >= 11 is 0. The largest absolute Gasteiger partial charge is 0.356 e. The average molecular weight is 445 g/mol. The normalized spacial score (nSPS) is 31.9. The number of likely N-dealkylation sites (tertiary alicyclic amines) is 2. The fourth-order valence-corrected chi connectivity index (χ4v) is 7.08. The van der Waals surface area contributed by atoms with Gasteiger partial charge >= 0.3 is 6.03 Å². The molecule has 7 nitrogen and oxygen atoms in total. The smallest absolute Gasteiger partial charge is 0.320 e. The molecule has 7 heteroatoms. The Balaban J connectivity index is 1.09. The minimum atomic E-state index is 0.0465. The number of nitrogens with zero attached hydrogens (tertiary/aromatic N) is 3. The molecule has 4 amide bonds. The molecule has 0 aromatic rings. The number of hydrogen-bond donors (Lipinski definition) is 1. The van der Waals surface area contributed by atoms with Crippen LogP contribution in [-0.4, -0.2) is 77.9 Å². The molecule has 0 aromatic carbocycles. The third-order valence-electron chi connectivity index (χ3n) is 8.88. The molecule has 1 saturated carbocycles. The van der Waals surface area contributed by atoms with Crippen LogP contribution in [0.4, 0.5) is 4.79 Å². The summed E-state index contributed by atoms with van der Waals surface area (Å²) in [6.45, 7) is 4.57. The predicted molar refractivity (Wildman–Crippen MR) is 122 cm³/mol. The second-order valence-corrected chi connectivity index (χ2v) is 11.1. The molecule has 0 unspecified atom stereocenters. The van der Waals surface area contributed by atoms with Crippen LogP contribution >= 0.6 is 0 Å². The summed E-state index contributed by atoms with van der Waals surface area (Å²) in [6.07, 6.45) is 11.9. The molecule has 0 aromatic heterocycles. The Morgan fingerprint density at radius 3 is 2.44 bits per heavy atom. The number of urea groups is 1. The van der Waals surface area contributed by atoms with Gasteiger partial charge < -0.3 is 20.0 Å². The minimum Gasteiger partial charge on any atom is -0.356 e. The first-order valence-electron chi connectivity index (χ1n) is 13.2. The lowest BCUT2D eigenvalue weighted by molar-refractivity contribution is -0.144. The first-order chi connectivity index (χ1) is 15.6. The zero-order valence-electron chi connectivity index (χ0n) is 19.5. The van der Waals surface area contributed by atoms with Gasteiger partial charge in [-0.2, -0.15) is 0 Å². The van der Waals surface area contributed by atoms with E-state index in [2.05, 4.69) is 15.1 Å². The Morgan fingerprint density at radius 1 is 0.875 bits per heavy atom. The Hall–Kier alpha value is -1.79. The van der Waals surface area contributed by atoms with Crippen molar-refractivity contribution in [3.05, 3.63) is 0 Å².